The van der Waals surface area contributed by atoms with Crippen LogP contribution < -0.4 is 10.2 Å². The van der Waals surface area contributed by atoms with Crippen molar-refractivity contribution in [2.45, 2.75) is 19.9 Å². The van der Waals surface area contributed by atoms with E-state index < -0.39 is 5.97 Å². The predicted molar refractivity (Wildman–Crippen MR) is 72.2 cm³/mol. The van der Waals surface area contributed by atoms with Crippen molar-refractivity contribution in [1.82, 2.24) is 5.32 Å². The largest absolute Gasteiger partial charge is 0.478 e. The summed E-state index contributed by atoms with van der Waals surface area (Å²) in [7, 11) is 0. The van der Waals surface area contributed by atoms with Crippen molar-refractivity contribution in [3.05, 3.63) is 29.8 Å². The number of hydrogen-bond donors (Lipinski definition) is 2. The first-order valence-electron chi connectivity index (χ1n) is 6.39. The number of anilines is 1. The van der Waals surface area contributed by atoms with Crippen molar-refractivity contribution >= 4 is 11.7 Å². The van der Waals surface area contributed by atoms with Crippen LogP contribution in [0.5, 0.6) is 0 Å². The summed E-state index contributed by atoms with van der Waals surface area (Å²) < 4.78 is 0. The Labute approximate surface area is 108 Å². The van der Waals surface area contributed by atoms with Gasteiger partial charge in [0.1, 0.15) is 0 Å². The van der Waals surface area contributed by atoms with E-state index in [9.17, 15) is 4.79 Å². The molecule has 0 amide bonds. The molecule has 0 bridgehead atoms. The summed E-state index contributed by atoms with van der Waals surface area (Å²) in [5.74, 6) is -0.289. The van der Waals surface area contributed by atoms with Crippen molar-refractivity contribution in [2.75, 3.05) is 24.5 Å². The van der Waals surface area contributed by atoms with Crippen LogP contribution in [0, 0.1) is 5.92 Å². The van der Waals surface area contributed by atoms with Crippen LogP contribution >= 0.6 is 0 Å². The van der Waals surface area contributed by atoms with Gasteiger partial charge in [0.25, 0.3) is 0 Å². The van der Waals surface area contributed by atoms with Gasteiger partial charge in [-0.3, -0.25) is 0 Å². The molecule has 1 fully saturated rings. The third-order valence-electron chi connectivity index (χ3n) is 3.47. The molecule has 1 atom stereocenters. The van der Waals surface area contributed by atoms with E-state index in [1.54, 1.807) is 12.1 Å². The Kier molecular flexibility index (Phi) is 3.87. The first-order chi connectivity index (χ1) is 8.58. The minimum Gasteiger partial charge on any atom is -0.478 e. The SMILES string of the molecule is CC(C)C1CN(c2cccc(C(=O)O)c2)CCN1. The number of nitrogens with zero attached hydrogens (tertiary/aromatic N) is 1. The van der Waals surface area contributed by atoms with E-state index in [1.165, 1.54) is 0 Å². The number of benzene rings is 1. The van der Waals surface area contributed by atoms with Crippen molar-refractivity contribution in [2.24, 2.45) is 5.92 Å². The zero-order valence-electron chi connectivity index (χ0n) is 10.9. The van der Waals surface area contributed by atoms with Crippen LogP contribution in [-0.2, 0) is 0 Å². The van der Waals surface area contributed by atoms with Gasteiger partial charge in [-0.05, 0) is 24.1 Å². The van der Waals surface area contributed by atoms with Crippen molar-refractivity contribution < 1.29 is 9.90 Å². The fourth-order valence-corrected chi connectivity index (χ4v) is 2.29. The molecule has 1 unspecified atom stereocenters. The molecule has 0 radical (unpaired) electrons. The summed E-state index contributed by atoms with van der Waals surface area (Å²) in [6.07, 6.45) is 0. The van der Waals surface area contributed by atoms with E-state index in [2.05, 4.69) is 24.1 Å². The number of rotatable bonds is 3. The maximum Gasteiger partial charge on any atom is 0.335 e. The highest BCUT2D eigenvalue weighted by Gasteiger charge is 2.22. The highest BCUT2D eigenvalue weighted by Crippen LogP contribution is 2.19. The lowest BCUT2D eigenvalue weighted by Crippen LogP contribution is -2.53. The van der Waals surface area contributed by atoms with E-state index in [0.717, 1.165) is 25.3 Å². The maximum atomic E-state index is 11.0. The van der Waals surface area contributed by atoms with Gasteiger partial charge in [0.2, 0.25) is 0 Å². The lowest BCUT2D eigenvalue weighted by atomic mass is 10.0. The molecule has 2 rings (SSSR count). The lowest BCUT2D eigenvalue weighted by Gasteiger charge is -2.37. The second-order valence-electron chi connectivity index (χ2n) is 5.11. The van der Waals surface area contributed by atoms with Gasteiger partial charge in [-0.15, -0.1) is 0 Å². The molecule has 1 aliphatic rings. The van der Waals surface area contributed by atoms with Crippen LogP contribution in [-0.4, -0.2) is 36.8 Å². The van der Waals surface area contributed by atoms with Crippen LogP contribution in [0.15, 0.2) is 24.3 Å². The second-order valence-corrected chi connectivity index (χ2v) is 5.11. The molecule has 4 heteroatoms. The molecular formula is C14H20N2O2. The number of carboxylic acid groups (broad SMARTS) is 1. The Morgan fingerprint density at radius 2 is 2.28 bits per heavy atom. The summed E-state index contributed by atoms with van der Waals surface area (Å²) in [6, 6.07) is 7.64. The standard InChI is InChI=1S/C14H20N2O2/c1-10(2)13-9-16(7-6-15-13)12-5-3-4-11(8-12)14(17)18/h3-5,8,10,13,15H,6-7,9H2,1-2H3,(H,17,18). The van der Waals surface area contributed by atoms with Crippen LogP contribution in [0.25, 0.3) is 0 Å². The first kappa shape index (κ1) is 12.9. The Balaban J connectivity index is 2.15. The van der Waals surface area contributed by atoms with E-state index in [4.69, 9.17) is 5.11 Å². The highest BCUT2D eigenvalue weighted by atomic mass is 16.4. The summed E-state index contributed by atoms with van der Waals surface area (Å²) in [5, 5.41) is 12.5. The molecule has 1 saturated heterocycles. The quantitative estimate of drug-likeness (QED) is 0.856. The second kappa shape index (κ2) is 5.40. The molecule has 1 aromatic rings. The van der Waals surface area contributed by atoms with Gasteiger partial charge >= 0.3 is 5.97 Å². The molecule has 98 valence electrons. The molecule has 0 spiro atoms. The lowest BCUT2D eigenvalue weighted by molar-refractivity contribution is 0.0697. The Morgan fingerprint density at radius 1 is 1.50 bits per heavy atom. The van der Waals surface area contributed by atoms with Crippen LogP contribution in [0.3, 0.4) is 0 Å². The Morgan fingerprint density at radius 3 is 2.94 bits per heavy atom. The summed E-state index contributed by atoms with van der Waals surface area (Å²) >= 11 is 0. The average molecular weight is 248 g/mol. The molecule has 18 heavy (non-hydrogen) atoms. The zero-order chi connectivity index (χ0) is 13.1. The van der Waals surface area contributed by atoms with E-state index in [0.29, 0.717) is 17.5 Å². The van der Waals surface area contributed by atoms with Crippen LogP contribution in [0.2, 0.25) is 0 Å². The Bertz CT molecular complexity index is 432. The molecule has 1 aromatic carbocycles. The first-order valence-corrected chi connectivity index (χ1v) is 6.39. The van der Waals surface area contributed by atoms with Crippen LogP contribution in [0.1, 0.15) is 24.2 Å². The normalized spacial score (nSPS) is 20.2. The van der Waals surface area contributed by atoms with Gasteiger partial charge in [0, 0.05) is 31.4 Å². The molecule has 1 aliphatic heterocycles. The van der Waals surface area contributed by atoms with Gasteiger partial charge in [-0.1, -0.05) is 19.9 Å². The minimum atomic E-state index is -0.868. The molecule has 0 saturated carbocycles. The van der Waals surface area contributed by atoms with Gasteiger partial charge in [0.15, 0.2) is 0 Å². The monoisotopic (exact) mass is 248 g/mol. The topological polar surface area (TPSA) is 52.6 Å². The predicted octanol–water partition coefficient (Wildman–Crippen LogP) is 1.82. The van der Waals surface area contributed by atoms with Crippen molar-refractivity contribution in [3.63, 3.8) is 0 Å². The average Bonchev–Trinajstić information content (AvgIpc) is 2.39. The zero-order valence-corrected chi connectivity index (χ0v) is 10.9. The smallest absolute Gasteiger partial charge is 0.335 e. The molecule has 0 aromatic heterocycles. The van der Waals surface area contributed by atoms with Crippen molar-refractivity contribution in [1.29, 1.82) is 0 Å². The molecule has 0 aliphatic carbocycles. The third-order valence-corrected chi connectivity index (χ3v) is 3.47. The number of carboxylic acids is 1. The van der Waals surface area contributed by atoms with Gasteiger partial charge < -0.3 is 15.3 Å². The number of hydrogen-bond acceptors (Lipinski definition) is 3. The molecule has 2 N–H and O–H groups in total. The third kappa shape index (κ3) is 2.82. The van der Waals surface area contributed by atoms with Crippen molar-refractivity contribution in [3.8, 4) is 0 Å². The van der Waals surface area contributed by atoms with E-state index in [-0.39, 0.29) is 0 Å². The summed E-state index contributed by atoms with van der Waals surface area (Å²) in [5.41, 5.74) is 1.36. The fourth-order valence-electron chi connectivity index (χ4n) is 2.29. The van der Waals surface area contributed by atoms with E-state index in [1.807, 2.05) is 12.1 Å². The molecule has 4 nitrogen and oxygen atoms in total. The van der Waals surface area contributed by atoms with Gasteiger partial charge in [-0.2, -0.15) is 0 Å². The maximum absolute atomic E-state index is 11.0. The number of piperazine rings is 1. The number of aromatic carboxylic acids is 1. The summed E-state index contributed by atoms with van der Waals surface area (Å²) in [6.45, 7) is 7.21. The fraction of sp³-hybridized carbons (Fsp3) is 0.500. The highest BCUT2D eigenvalue weighted by molar-refractivity contribution is 5.88. The Hall–Kier alpha value is -1.55. The van der Waals surface area contributed by atoms with Gasteiger partial charge in [0.05, 0.1) is 5.56 Å². The van der Waals surface area contributed by atoms with Gasteiger partial charge in [-0.25, -0.2) is 4.79 Å². The number of carbonyl (C=O) groups is 1. The molecular weight excluding hydrogens is 228 g/mol. The summed E-state index contributed by atoms with van der Waals surface area (Å²) in [4.78, 5) is 13.2. The van der Waals surface area contributed by atoms with E-state index >= 15 is 0 Å². The number of nitrogens with one attached hydrogen (secondary N) is 1. The minimum absolute atomic E-state index is 0.354. The van der Waals surface area contributed by atoms with Crippen LogP contribution in [0.4, 0.5) is 5.69 Å². The molecule has 1 heterocycles.